The second-order valence-electron chi connectivity index (χ2n) is 5.49. The van der Waals surface area contributed by atoms with Gasteiger partial charge in [-0.05, 0) is 31.0 Å². The molecule has 1 saturated carbocycles. The summed E-state index contributed by atoms with van der Waals surface area (Å²) in [6.45, 7) is 0.380. The topological polar surface area (TPSA) is 71.0 Å². The molecule has 3 atom stereocenters. The van der Waals surface area contributed by atoms with E-state index in [2.05, 4.69) is 5.32 Å². The lowest BCUT2D eigenvalue weighted by atomic mass is 9.92. The SMILES string of the molecule is COc1ccc(OC)c(C(O)CNC2CCCCC2O)c1. The van der Waals surface area contributed by atoms with Crippen LogP contribution in [-0.2, 0) is 0 Å². The van der Waals surface area contributed by atoms with Crippen molar-refractivity contribution in [2.75, 3.05) is 20.8 Å². The summed E-state index contributed by atoms with van der Waals surface area (Å²) in [6, 6.07) is 5.42. The van der Waals surface area contributed by atoms with Crippen LogP contribution in [0.4, 0.5) is 0 Å². The van der Waals surface area contributed by atoms with Gasteiger partial charge in [-0.2, -0.15) is 0 Å². The number of rotatable bonds is 6. The van der Waals surface area contributed by atoms with Crippen LogP contribution in [0.2, 0.25) is 0 Å². The van der Waals surface area contributed by atoms with Crippen molar-refractivity contribution in [1.29, 1.82) is 0 Å². The van der Waals surface area contributed by atoms with Crippen molar-refractivity contribution < 1.29 is 19.7 Å². The highest BCUT2D eigenvalue weighted by Crippen LogP contribution is 2.29. The summed E-state index contributed by atoms with van der Waals surface area (Å²) in [7, 11) is 3.17. The number of hydrogen-bond donors (Lipinski definition) is 3. The Morgan fingerprint density at radius 1 is 1.24 bits per heavy atom. The summed E-state index contributed by atoms with van der Waals surface area (Å²) in [4.78, 5) is 0. The van der Waals surface area contributed by atoms with Gasteiger partial charge in [0.15, 0.2) is 0 Å². The lowest BCUT2D eigenvalue weighted by Crippen LogP contribution is -2.43. The Kier molecular flexibility index (Phi) is 5.85. The van der Waals surface area contributed by atoms with Crippen LogP contribution in [0.3, 0.4) is 0 Å². The van der Waals surface area contributed by atoms with Crippen LogP contribution >= 0.6 is 0 Å². The van der Waals surface area contributed by atoms with Gasteiger partial charge in [0.05, 0.1) is 26.4 Å². The van der Waals surface area contributed by atoms with Crippen LogP contribution in [0.5, 0.6) is 11.5 Å². The molecule has 0 bridgehead atoms. The summed E-state index contributed by atoms with van der Waals surface area (Å²) in [5, 5.41) is 23.6. The zero-order valence-corrected chi connectivity index (χ0v) is 12.7. The van der Waals surface area contributed by atoms with Gasteiger partial charge >= 0.3 is 0 Å². The average Bonchev–Trinajstić information content (AvgIpc) is 2.53. The molecule has 0 saturated heterocycles. The number of nitrogens with one attached hydrogen (secondary N) is 1. The molecule has 1 fully saturated rings. The van der Waals surface area contributed by atoms with Gasteiger partial charge in [-0.25, -0.2) is 0 Å². The summed E-state index contributed by atoms with van der Waals surface area (Å²) in [5.74, 6) is 1.32. The molecular formula is C16H25NO4. The smallest absolute Gasteiger partial charge is 0.124 e. The largest absolute Gasteiger partial charge is 0.497 e. The monoisotopic (exact) mass is 295 g/mol. The highest BCUT2D eigenvalue weighted by atomic mass is 16.5. The van der Waals surface area contributed by atoms with Gasteiger partial charge in [0, 0.05) is 18.2 Å². The summed E-state index contributed by atoms with van der Waals surface area (Å²) < 4.78 is 10.5. The quantitative estimate of drug-likeness (QED) is 0.744. The molecule has 1 aliphatic rings. The molecule has 3 unspecified atom stereocenters. The van der Waals surface area contributed by atoms with Gasteiger partial charge in [-0.15, -0.1) is 0 Å². The Balaban J connectivity index is 2.00. The fraction of sp³-hybridized carbons (Fsp3) is 0.625. The Labute approximate surface area is 125 Å². The first-order valence-electron chi connectivity index (χ1n) is 7.47. The number of aliphatic hydroxyl groups excluding tert-OH is 2. The van der Waals surface area contributed by atoms with Crippen molar-refractivity contribution in [3.05, 3.63) is 23.8 Å². The van der Waals surface area contributed by atoms with E-state index >= 15 is 0 Å². The van der Waals surface area contributed by atoms with Crippen molar-refractivity contribution >= 4 is 0 Å². The van der Waals surface area contributed by atoms with Crippen LogP contribution in [0, 0.1) is 0 Å². The van der Waals surface area contributed by atoms with E-state index in [4.69, 9.17) is 9.47 Å². The lowest BCUT2D eigenvalue weighted by Gasteiger charge is -2.29. The lowest BCUT2D eigenvalue weighted by molar-refractivity contribution is 0.0793. The third-order valence-electron chi connectivity index (χ3n) is 4.10. The summed E-state index contributed by atoms with van der Waals surface area (Å²) >= 11 is 0. The third-order valence-corrected chi connectivity index (χ3v) is 4.10. The van der Waals surface area contributed by atoms with E-state index in [9.17, 15) is 10.2 Å². The summed E-state index contributed by atoms with van der Waals surface area (Å²) in [5.41, 5.74) is 0.689. The Morgan fingerprint density at radius 3 is 2.67 bits per heavy atom. The highest BCUT2D eigenvalue weighted by molar-refractivity contribution is 5.41. The van der Waals surface area contributed by atoms with Crippen molar-refractivity contribution in [2.24, 2.45) is 0 Å². The molecule has 1 aromatic rings. The van der Waals surface area contributed by atoms with Gasteiger partial charge in [0.1, 0.15) is 11.5 Å². The first kappa shape index (κ1) is 16.1. The van der Waals surface area contributed by atoms with Crippen molar-refractivity contribution in [2.45, 2.75) is 43.9 Å². The van der Waals surface area contributed by atoms with Crippen molar-refractivity contribution in [3.8, 4) is 11.5 Å². The number of aliphatic hydroxyl groups is 2. The third kappa shape index (κ3) is 4.09. The maximum absolute atomic E-state index is 10.4. The van der Waals surface area contributed by atoms with Crippen molar-refractivity contribution in [1.82, 2.24) is 5.32 Å². The van der Waals surface area contributed by atoms with E-state index in [0.717, 1.165) is 25.7 Å². The molecule has 0 heterocycles. The zero-order valence-electron chi connectivity index (χ0n) is 12.7. The Bertz CT molecular complexity index is 452. The predicted octanol–water partition coefficient (Wildman–Crippen LogP) is 1.63. The summed E-state index contributed by atoms with van der Waals surface area (Å²) in [6.07, 6.45) is 2.94. The minimum atomic E-state index is -0.704. The minimum absolute atomic E-state index is 0.0602. The van der Waals surface area contributed by atoms with Gasteiger partial charge < -0.3 is 25.0 Å². The van der Waals surface area contributed by atoms with E-state index in [1.807, 2.05) is 0 Å². The molecule has 118 valence electrons. The number of benzene rings is 1. The van der Waals surface area contributed by atoms with Crippen molar-refractivity contribution in [3.63, 3.8) is 0 Å². The first-order chi connectivity index (χ1) is 10.2. The molecule has 1 aliphatic carbocycles. The molecule has 0 radical (unpaired) electrons. The molecule has 2 rings (SSSR count). The van der Waals surface area contributed by atoms with Gasteiger partial charge in [-0.1, -0.05) is 12.8 Å². The van der Waals surface area contributed by atoms with Crippen LogP contribution < -0.4 is 14.8 Å². The first-order valence-corrected chi connectivity index (χ1v) is 7.47. The van der Waals surface area contributed by atoms with E-state index < -0.39 is 6.10 Å². The minimum Gasteiger partial charge on any atom is -0.497 e. The van der Waals surface area contributed by atoms with E-state index in [0.29, 0.717) is 23.6 Å². The van der Waals surface area contributed by atoms with E-state index in [1.54, 1.807) is 32.4 Å². The van der Waals surface area contributed by atoms with E-state index in [1.165, 1.54) is 0 Å². The molecule has 21 heavy (non-hydrogen) atoms. The average molecular weight is 295 g/mol. The zero-order chi connectivity index (χ0) is 15.2. The molecule has 0 amide bonds. The maximum atomic E-state index is 10.4. The fourth-order valence-electron chi connectivity index (χ4n) is 2.82. The standard InChI is InChI=1S/C16H25NO4/c1-20-11-7-8-16(21-2)12(9-11)15(19)10-17-13-5-3-4-6-14(13)18/h7-9,13-15,17-19H,3-6,10H2,1-2H3. The number of hydrogen-bond acceptors (Lipinski definition) is 5. The Hall–Kier alpha value is -1.30. The number of ether oxygens (including phenoxy) is 2. The van der Waals surface area contributed by atoms with Crippen LogP contribution in [0.15, 0.2) is 18.2 Å². The number of methoxy groups -OCH3 is 2. The molecular weight excluding hydrogens is 270 g/mol. The second kappa shape index (κ2) is 7.64. The molecule has 0 spiro atoms. The Morgan fingerprint density at radius 2 is 2.00 bits per heavy atom. The normalized spacial score (nSPS) is 23.6. The fourth-order valence-corrected chi connectivity index (χ4v) is 2.82. The van der Waals surface area contributed by atoms with Crippen LogP contribution in [0.1, 0.15) is 37.4 Å². The molecule has 0 aliphatic heterocycles. The van der Waals surface area contributed by atoms with Crippen LogP contribution in [0.25, 0.3) is 0 Å². The van der Waals surface area contributed by atoms with E-state index in [-0.39, 0.29) is 12.1 Å². The molecule has 1 aromatic carbocycles. The molecule has 0 aromatic heterocycles. The highest BCUT2D eigenvalue weighted by Gasteiger charge is 2.24. The van der Waals surface area contributed by atoms with Gasteiger partial charge in [0.2, 0.25) is 0 Å². The van der Waals surface area contributed by atoms with Crippen LogP contribution in [-0.4, -0.2) is 43.1 Å². The predicted molar refractivity (Wildman–Crippen MR) is 80.8 cm³/mol. The second-order valence-corrected chi connectivity index (χ2v) is 5.49. The van der Waals surface area contributed by atoms with Gasteiger partial charge in [0.25, 0.3) is 0 Å². The maximum Gasteiger partial charge on any atom is 0.124 e. The molecule has 5 heteroatoms. The van der Waals surface area contributed by atoms with Gasteiger partial charge in [-0.3, -0.25) is 0 Å². The molecule has 5 nitrogen and oxygen atoms in total. The molecule has 3 N–H and O–H groups in total.